The summed E-state index contributed by atoms with van der Waals surface area (Å²) in [5.74, 6) is 1.22. The molecule has 2 rings (SSSR count). The zero-order valence-electron chi connectivity index (χ0n) is 19.1. The average Bonchev–Trinajstić information content (AvgIpc) is 2.67. The molecule has 0 unspecified atom stereocenters. The van der Waals surface area contributed by atoms with E-state index >= 15 is 0 Å². The maximum Gasteiger partial charge on any atom is 0.266 e. The average molecular weight is 414 g/mol. The summed E-state index contributed by atoms with van der Waals surface area (Å²) in [5.41, 5.74) is 2.67. The highest BCUT2D eigenvalue weighted by Gasteiger charge is 2.13. The van der Waals surface area contributed by atoms with Crippen molar-refractivity contribution >= 4 is 5.91 Å². The fourth-order valence-corrected chi connectivity index (χ4v) is 3.60. The molecule has 1 amide bonds. The Kier molecular flexibility index (Phi) is 9.24. The third kappa shape index (κ3) is 8.11. The van der Waals surface area contributed by atoms with Crippen molar-refractivity contribution < 1.29 is 9.69 Å². The van der Waals surface area contributed by atoms with Crippen LogP contribution in [0.3, 0.4) is 0 Å². The van der Waals surface area contributed by atoms with Crippen molar-refractivity contribution in [1.82, 2.24) is 15.1 Å². The summed E-state index contributed by atoms with van der Waals surface area (Å²) in [6.07, 6.45) is 0.244. The Hall–Kier alpha value is -2.47. The van der Waals surface area contributed by atoms with Gasteiger partial charge in [0.25, 0.3) is 5.56 Å². The molecule has 0 aliphatic carbocycles. The molecule has 6 heteroatoms. The molecule has 164 valence electrons. The molecule has 0 atom stereocenters. The minimum absolute atomic E-state index is 0.0436. The molecular formula is C24H37N4O2+. The molecule has 0 aliphatic rings. The lowest BCUT2D eigenvalue weighted by Crippen LogP contribution is -3.13. The number of hydrogen-bond acceptors (Lipinski definition) is 3. The van der Waals surface area contributed by atoms with Crippen molar-refractivity contribution in [1.29, 1.82) is 0 Å². The van der Waals surface area contributed by atoms with Crippen LogP contribution in [0.25, 0.3) is 11.3 Å². The van der Waals surface area contributed by atoms with Gasteiger partial charge < -0.3 is 10.2 Å². The van der Waals surface area contributed by atoms with Crippen LogP contribution in [0.1, 0.15) is 39.7 Å². The molecule has 0 saturated carbocycles. The van der Waals surface area contributed by atoms with Crippen LogP contribution in [0.15, 0.2) is 41.2 Å². The number of carbonyl (C=O) groups is 1. The zero-order valence-corrected chi connectivity index (χ0v) is 19.1. The van der Waals surface area contributed by atoms with Gasteiger partial charge in [0.15, 0.2) is 0 Å². The van der Waals surface area contributed by atoms with E-state index in [0.29, 0.717) is 18.4 Å². The number of benzene rings is 1. The lowest BCUT2D eigenvalue weighted by molar-refractivity contribution is -0.904. The van der Waals surface area contributed by atoms with Crippen molar-refractivity contribution in [2.75, 3.05) is 26.2 Å². The second-order valence-electron chi connectivity index (χ2n) is 8.94. The van der Waals surface area contributed by atoms with Gasteiger partial charge in [0, 0.05) is 29.9 Å². The van der Waals surface area contributed by atoms with Crippen LogP contribution >= 0.6 is 0 Å². The number of hydrogen-bond donors (Lipinski definition) is 2. The van der Waals surface area contributed by atoms with E-state index in [9.17, 15) is 9.59 Å². The number of carbonyl (C=O) groups excluding carboxylic acids is 1. The van der Waals surface area contributed by atoms with Gasteiger partial charge in [-0.3, -0.25) is 9.59 Å². The SMILES string of the molecule is Cc1ccc(-c2ccc(=O)n(CCC(=O)NCC[NH+](CC(C)C)CC(C)C)n2)cc1. The molecule has 0 fully saturated rings. The normalized spacial score (nSPS) is 11.5. The van der Waals surface area contributed by atoms with Gasteiger partial charge in [-0.05, 0) is 13.0 Å². The molecule has 1 aromatic heterocycles. The number of amides is 1. The van der Waals surface area contributed by atoms with Crippen LogP contribution in [0.5, 0.6) is 0 Å². The van der Waals surface area contributed by atoms with E-state index in [1.807, 2.05) is 31.2 Å². The lowest BCUT2D eigenvalue weighted by Gasteiger charge is -2.23. The fraction of sp³-hybridized carbons (Fsp3) is 0.542. The first-order chi connectivity index (χ1) is 14.2. The predicted octanol–water partition coefficient (Wildman–Crippen LogP) is 1.92. The maximum absolute atomic E-state index is 12.3. The second kappa shape index (κ2) is 11.6. The third-order valence-electron chi connectivity index (χ3n) is 4.96. The number of quaternary nitrogens is 1. The first-order valence-corrected chi connectivity index (χ1v) is 11.0. The molecular weight excluding hydrogens is 376 g/mol. The van der Waals surface area contributed by atoms with Crippen molar-refractivity contribution in [3.63, 3.8) is 0 Å². The highest BCUT2D eigenvalue weighted by molar-refractivity contribution is 5.75. The van der Waals surface area contributed by atoms with E-state index in [1.54, 1.807) is 6.07 Å². The highest BCUT2D eigenvalue weighted by atomic mass is 16.2. The summed E-state index contributed by atoms with van der Waals surface area (Å²) < 4.78 is 1.38. The lowest BCUT2D eigenvalue weighted by atomic mass is 10.1. The van der Waals surface area contributed by atoms with Gasteiger partial charge in [0.1, 0.15) is 0 Å². The second-order valence-corrected chi connectivity index (χ2v) is 8.94. The summed E-state index contributed by atoms with van der Waals surface area (Å²) in [4.78, 5) is 25.9. The molecule has 2 N–H and O–H groups in total. The molecule has 1 aromatic carbocycles. The van der Waals surface area contributed by atoms with Gasteiger partial charge in [-0.1, -0.05) is 57.5 Å². The molecule has 1 heterocycles. The minimum atomic E-state index is -0.192. The van der Waals surface area contributed by atoms with Crippen LogP contribution in [-0.4, -0.2) is 41.9 Å². The first-order valence-electron chi connectivity index (χ1n) is 11.0. The van der Waals surface area contributed by atoms with E-state index in [1.165, 1.54) is 21.2 Å². The van der Waals surface area contributed by atoms with Crippen molar-refractivity contribution in [2.45, 2.75) is 47.6 Å². The maximum atomic E-state index is 12.3. The quantitative estimate of drug-likeness (QED) is 0.591. The van der Waals surface area contributed by atoms with E-state index in [4.69, 9.17) is 0 Å². The number of aromatic nitrogens is 2. The number of nitrogens with one attached hydrogen (secondary N) is 2. The van der Waals surface area contributed by atoms with Gasteiger partial charge in [-0.15, -0.1) is 0 Å². The van der Waals surface area contributed by atoms with Crippen LogP contribution in [0.2, 0.25) is 0 Å². The topological polar surface area (TPSA) is 68.4 Å². The molecule has 0 saturated heterocycles. The van der Waals surface area contributed by atoms with Gasteiger partial charge in [-0.2, -0.15) is 5.10 Å². The fourth-order valence-electron chi connectivity index (χ4n) is 3.60. The van der Waals surface area contributed by atoms with Crippen LogP contribution in [0.4, 0.5) is 0 Å². The molecule has 2 aromatic rings. The van der Waals surface area contributed by atoms with E-state index in [-0.39, 0.29) is 24.4 Å². The van der Waals surface area contributed by atoms with Gasteiger partial charge in [0.2, 0.25) is 5.91 Å². The summed E-state index contributed by atoms with van der Waals surface area (Å²) in [7, 11) is 0. The smallest absolute Gasteiger partial charge is 0.266 e. The first kappa shape index (κ1) is 23.8. The number of nitrogens with zero attached hydrogens (tertiary/aromatic N) is 2. The van der Waals surface area contributed by atoms with E-state index in [2.05, 4.69) is 38.1 Å². The Morgan fingerprint density at radius 2 is 1.67 bits per heavy atom. The summed E-state index contributed by atoms with van der Waals surface area (Å²) >= 11 is 0. The summed E-state index contributed by atoms with van der Waals surface area (Å²) in [6.45, 7) is 15.0. The summed E-state index contributed by atoms with van der Waals surface area (Å²) in [6, 6.07) is 11.3. The third-order valence-corrected chi connectivity index (χ3v) is 4.96. The Labute approximate surface area is 180 Å². The van der Waals surface area contributed by atoms with Crippen LogP contribution < -0.4 is 15.8 Å². The molecule has 0 bridgehead atoms. The molecule has 0 spiro atoms. The van der Waals surface area contributed by atoms with Crippen LogP contribution in [0, 0.1) is 18.8 Å². The highest BCUT2D eigenvalue weighted by Crippen LogP contribution is 2.15. The van der Waals surface area contributed by atoms with E-state index < -0.39 is 0 Å². The van der Waals surface area contributed by atoms with Gasteiger partial charge in [-0.25, -0.2) is 4.68 Å². The predicted molar refractivity (Wildman–Crippen MR) is 122 cm³/mol. The monoisotopic (exact) mass is 413 g/mol. The Morgan fingerprint density at radius 1 is 1.03 bits per heavy atom. The van der Waals surface area contributed by atoms with Crippen molar-refractivity contribution in [2.24, 2.45) is 11.8 Å². The van der Waals surface area contributed by atoms with Gasteiger partial charge >= 0.3 is 0 Å². The van der Waals surface area contributed by atoms with Gasteiger partial charge in [0.05, 0.1) is 38.4 Å². The molecule has 30 heavy (non-hydrogen) atoms. The zero-order chi connectivity index (χ0) is 22.1. The largest absolute Gasteiger partial charge is 0.350 e. The Morgan fingerprint density at radius 3 is 2.27 bits per heavy atom. The number of aryl methyl sites for hydroxylation is 2. The molecule has 6 nitrogen and oxygen atoms in total. The summed E-state index contributed by atoms with van der Waals surface area (Å²) in [5, 5.41) is 7.44. The van der Waals surface area contributed by atoms with Crippen molar-refractivity contribution in [3.8, 4) is 11.3 Å². The minimum Gasteiger partial charge on any atom is -0.350 e. The van der Waals surface area contributed by atoms with E-state index in [0.717, 1.165) is 30.9 Å². The standard InChI is InChI=1S/C24H36N4O2/c1-18(2)16-27(17-19(3)4)15-13-25-23(29)12-14-28-24(30)11-10-22(26-28)21-8-6-20(5)7-9-21/h6-11,18-19H,12-17H2,1-5H3,(H,25,29)/p+1. The Balaban J connectivity index is 1.87. The number of rotatable bonds is 11. The van der Waals surface area contributed by atoms with Crippen LogP contribution in [-0.2, 0) is 11.3 Å². The molecule has 0 aliphatic heterocycles. The van der Waals surface area contributed by atoms with Crippen molar-refractivity contribution in [3.05, 3.63) is 52.3 Å². The Bertz CT molecular complexity index is 846. The molecule has 0 radical (unpaired) electrons.